The van der Waals surface area contributed by atoms with E-state index in [9.17, 15) is 35.9 Å². The molecular formula is C22H15F6NO2. The molecule has 162 valence electrons. The van der Waals surface area contributed by atoms with E-state index in [4.69, 9.17) is 5.73 Å². The number of aryl methyl sites for hydroxylation is 1. The monoisotopic (exact) mass is 439 g/mol. The summed E-state index contributed by atoms with van der Waals surface area (Å²) in [4.78, 5) is 23.6. The highest BCUT2D eigenvalue weighted by Crippen LogP contribution is 2.37. The van der Waals surface area contributed by atoms with Gasteiger partial charge in [0.05, 0.1) is 11.1 Å². The molecule has 2 N–H and O–H groups in total. The van der Waals surface area contributed by atoms with Crippen molar-refractivity contribution in [1.29, 1.82) is 0 Å². The van der Waals surface area contributed by atoms with Crippen molar-refractivity contribution in [3.05, 3.63) is 81.4 Å². The van der Waals surface area contributed by atoms with E-state index >= 15 is 0 Å². The van der Waals surface area contributed by atoms with Crippen LogP contribution in [0.4, 0.5) is 26.3 Å². The van der Waals surface area contributed by atoms with Gasteiger partial charge in [0, 0.05) is 17.2 Å². The van der Waals surface area contributed by atoms with Crippen LogP contribution in [0.5, 0.6) is 0 Å². The average molecular weight is 439 g/mol. The van der Waals surface area contributed by atoms with Gasteiger partial charge in [-0.3, -0.25) is 9.59 Å². The second kappa shape index (κ2) is 8.05. The predicted molar refractivity (Wildman–Crippen MR) is 102 cm³/mol. The fourth-order valence-corrected chi connectivity index (χ4v) is 3.28. The Hall–Kier alpha value is -3.36. The highest BCUT2D eigenvalue weighted by Gasteiger charge is 2.37. The number of fused-ring (bicyclic) bond motifs is 1. The summed E-state index contributed by atoms with van der Waals surface area (Å²) in [6.07, 6.45) is -5.73. The van der Waals surface area contributed by atoms with E-state index in [1.165, 1.54) is 12.1 Å². The standard InChI is InChI=1S/C22H15F6NO2/c23-21(24,25)16-9-13(10-17(11-16)22(26,27)28)8-15-4-3-14-7-12(2-6-19(29)30)1-5-18(14)20(15)31/h1-2,5-11H,3-4H2,(H2,29,30)/b6-2+,15-8+. The van der Waals surface area contributed by atoms with Crippen LogP contribution < -0.4 is 5.73 Å². The number of rotatable bonds is 3. The second-order valence-corrected chi connectivity index (χ2v) is 6.99. The molecule has 3 nitrogen and oxygen atoms in total. The second-order valence-electron chi connectivity index (χ2n) is 6.99. The average Bonchev–Trinajstić information content (AvgIpc) is 2.67. The summed E-state index contributed by atoms with van der Waals surface area (Å²) in [7, 11) is 0. The van der Waals surface area contributed by atoms with Crippen LogP contribution in [-0.4, -0.2) is 11.7 Å². The molecule has 0 bridgehead atoms. The molecule has 2 aromatic rings. The fraction of sp³-hybridized carbons (Fsp3) is 0.182. The van der Waals surface area contributed by atoms with Crippen LogP contribution in [0.1, 0.15) is 44.6 Å². The van der Waals surface area contributed by atoms with E-state index in [-0.39, 0.29) is 23.6 Å². The lowest BCUT2D eigenvalue weighted by Crippen LogP contribution is -2.15. The van der Waals surface area contributed by atoms with Crippen molar-refractivity contribution in [3.63, 3.8) is 0 Å². The summed E-state index contributed by atoms with van der Waals surface area (Å²) < 4.78 is 78.3. The van der Waals surface area contributed by atoms with Crippen molar-refractivity contribution >= 4 is 23.8 Å². The van der Waals surface area contributed by atoms with Gasteiger partial charge in [-0.2, -0.15) is 26.3 Å². The third-order valence-corrected chi connectivity index (χ3v) is 4.72. The normalized spacial score (nSPS) is 16.1. The van der Waals surface area contributed by atoms with Crippen LogP contribution in [-0.2, 0) is 23.6 Å². The van der Waals surface area contributed by atoms with Crippen molar-refractivity contribution < 1.29 is 35.9 Å². The molecule has 0 fully saturated rings. The largest absolute Gasteiger partial charge is 0.416 e. The summed E-state index contributed by atoms with van der Waals surface area (Å²) in [5.74, 6) is -1.11. The lowest BCUT2D eigenvalue weighted by molar-refractivity contribution is -0.143. The van der Waals surface area contributed by atoms with E-state index in [2.05, 4.69) is 0 Å². The van der Waals surface area contributed by atoms with E-state index in [0.717, 1.165) is 12.2 Å². The number of hydrogen-bond acceptors (Lipinski definition) is 2. The fourth-order valence-electron chi connectivity index (χ4n) is 3.28. The Morgan fingerprint density at radius 2 is 1.48 bits per heavy atom. The zero-order valence-corrected chi connectivity index (χ0v) is 15.8. The van der Waals surface area contributed by atoms with Crippen molar-refractivity contribution in [2.75, 3.05) is 0 Å². The quantitative estimate of drug-likeness (QED) is 0.512. The van der Waals surface area contributed by atoms with Gasteiger partial charge in [-0.15, -0.1) is 0 Å². The Kier molecular flexibility index (Phi) is 5.80. The number of halogens is 6. The minimum Gasteiger partial charge on any atom is -0.366 e. The van der Waals surface area contributed by atoms with Gasteiger partial charge in [0.15, 0.2) is 5.78 Å². The number of Topliss-reactive ketones (excluding diaryl/α,β-unsaturated/α-hetero) is 1. The Balaban J connectivity index is 1.99. The Morgan fingerprint density at radius 3 is 2.03 bits per heavy atom. The molecule has 0 saturated heterocycles. The van der Waals surface area contributed by atoms with E-state index in [1.54, 1.807) is 12.1 Å². The van der Waals surface area contributed by atoms with Crippen LogP contribution in [0, 0.1) is 0 Å². The first-order valence-corrected chi connectivity index (χ1v) is 9.00. The lowest BCUT2D eigenvalue weighted by Gasteiger charge is -2.19. The van der Waals surface area contributed by atoms with Crippen molar-refractivity contribution in [2.24, 2.45) is 5.73 Å². The summed E-state index contributed by atoms with van der Waals surface area (Å²) in [6, 6.07) is 5.95. The number of amides is 1. The van der Waals surface area contributed by atoms with Crippen LogP contribution in [0.3, 0.4) is 0 Å². The number of nitrogens with two attached hydrogens (primary N) is 1. The third-order valence-electron chi connectivity index (χ3n) is 4.72. The molecule has 31 heavy (non-hydrogen) atoms. The molecule has 0 radical (unpaired) electrons. The number of alkyl halides is 6. The molecule has 0 unspecified atom stereocenters. The molecule has 3 rings (SSSR count). The summed E-state index contributed by atoms with van der Waals surface area (Å²) >= 11 is 0. The molecule has 0 aliphatic heterocycles. The molecule has 1 aliphatic carbocycles. The maximum Gasteiger partial charge on any atom is 0.416 e. The number of primary amides is 1. The summed E-state index contributed by atoms with van der Waals surface area (Å²) in [6.45, 7) is 0. The first kappa shape index (κ1) is 22.3. The number of carbonyl (C=O) groups is 2. The van der Waals surface area contributed by atoms with Crippen molar-refractivity contribution in [3.8, 4) is 0 Å². The predicted octanol–water partition coefficient (Wildman–Crippen LogP) is 5.44. The van der Waals surface area contributed by atoms with E-state index in [0.29, 0.717) is 35.2 Å². The molecule has 0 aromatic heterocycles. The number of allylic oxidation sites excluding steroid dienone is 1. The maximum atomic E-state index is 13.0. The number of benzene rings is 2. The molecule has 0 saturated carbocycles. The first-order chi connectivity index (χ1) is 14.3. The zero-order chi connectivity index (χ0) is 23.0. The third kappa shape index (κ3) is 5.22. The molecule has 0 heterocycles. The SMILES string of the molecule is NC(=O)/C=C/c1ccc2c(c1)CC/C(=C\c1cc(C(F)(F)F)cc(C(F)(F)F)c1)C2=O. The molecule has 1 aliphatic rings. The minimum atomic E-state index is -4.97. The van der Waals surface area contributed by atoms with E-state index in [1.807, 2.05) is 0 Å². The summed E-state index contributed by atoms with van der Waals surface area (Å²) in [5, 5.41) is 0. The number of carbonyl (C=O) groups excluding carboxylic acids is 2. The minimum absolute atomic E-state index is 0.0428. The van der Waals surface area contributed by atoms with Gasteiger partial charge in [0.1, 0.15) is 0 Å². The van der Waals surface area contributed by atoms with Gasteiger partial charge in [-0.25, -0.2) is 0 Å². The van der Waals surface area contributed by atoms with Gasteiger partial charge in [0.25, 0.3) is 0 Å². The number of hydrogen-bond donors (Lipinski definition) is 1. The van der Waals surface area contributed by atoms with E-state index < -0.39 is 35.2 Å². The topological polar surface area (TPSA) is 60.2 Å². The Labute approximate surface area is 172 Å². The molecular weight excluding hydrogens is 424 g/mol. The Morgan fingerprint density at radius 1 is 0.871 bits per heavy atom. The van der Waals surface area contributed by atoms with Crippen molar-refractivity contribution in [2.45, 2.75) is 25.2 Å². The Bertz CT molecular complexity index is 1080. The van der Waals surface area contributed by atoms with Gasteiger partial charge in [0.2, 0.25) is 5.91 Å². The van der Waals surface area contributed by atoms with Gasteiger partial charge >= 0.3 is 12.4 Å². The lowest BCUT2D eigenvalue weighted by atomic mass is 9.85. The molecule has 0 spiro atoms. The van der Waals surface area contributed by atoms with Crippen LogP contribution in [0.2, 0.25) is 0 Å². The molecule has 9 heteroatoms. The van der Waals surface area contributed by atoms with Crippen LogP contribution in [0.15, 0.2) is 48.0 Å². The van der Waals surface area contributed by atoms with Crippen LogP contribution >= 0.6 is 0 Å². The van der Waals surface area contributed by atoms with Crippen molar-refractivity contribution in [1.82, 2.24) is 0 Å². The zero-order valence-electron chi connectivity index (χ0n) is 15.8. The molecule has 2 aromatic carbocycles. The molecule has 1 amide bonds. The maximum absolute atomic E-state index is 13.0. The van der Waals surface area contributed by atoms with Gasteiger partial charge < -0.3 is 5.73 Å². The van der Waals surface area contributed by atoms with Gasteiger partial charge in [-0.1, -0.05) is 18.2 Å². The smallest absolute Gasteiger partial charge is 0.366 e. The highest BCUT2D eigenvalue weighted by atomic mass is 19.4. The summed E-state index contributed by atoms with van der Waals surface area (Å²) in [5.41, 5.74) is 3.51. The van der Waals surface area contributed by atoms with Crippen LogP contribution in [0.25, 0.3) is 12.2 Å². The number of ketones is 1. The first-order valence-electron chi connectivity index (χ1n) is 9.00. The molecule has 0 atom stereocenters. The highest BCUT2D eigenvalue weighted by molar-refractivity contribution is 6.13. The van der Waals surface area contributed by atoms with Gasteiger partial charge in [-0.05, 0) is 59.9 Å².